The number of hydrogen-bond acceptors (Lipinski definition) is 2. The van der Waals surface area contributed by atoms with E-state index in [-0.39, 0.29) is 10.7 Å². The van der Waals surface area contributed by atoms with Gasteiger partial charge in [-0.3, -0.25) is 0 Å². The molecule has 3 nitrogen and oxygen atoms in total. The fraction of sp³-hybridized carbons (Fsp3) is 0.208. The summed E-state index contributed by atoms with van der Waals surface area (Å²) in [6, 6.07) is 17.5. The molecule has 0 amide bonds. The SMILES string of the molecule is FC(F)(F)c1ccc(Cl)c(-n2nc(-c3ccc4ccccc4c3)c3c2NCCCC3)c1. The topological polar surface area (TPSA) is 29.9 Å². The molecule has 1 N–H and O–H groups in total. The van der Waals surface area contributed by atoms with Gasteiger partial charge in [0, 0.05) is 17.7 Å². The van der Waals surface area contributed by atoms with Crippen LogP contribution in [-0.2, 0) is 12.6 Å². The van der Waals surface area contributed by atoms with Crippen molar-refractivity contribution in [1.82, 2.24) is 9.78 Å². The molecule has 1 aliphatic heterocycles. The van der Waals surface area contributed by atoms with Crippen LogP contribution in [0, 0.1) is 0 Å². The largest absolute Gasteiger partial charge is 0.416 e. The molecule has 3 aromatic carbocycles. The minimum absolute atomic E-state index is 0.217. The second-order valence-corrected chi connectivity index (χ2v) is 8.10. The zero-order valence-electron chi connectivity index (χ0n) is 16.5. The molecule has 2 heterocycles. The number of alkyl halides is 3. The first-order valence-corrected chi connectivity index (χ1v) is 10.5. The van der Waals surface area contributed by atoms with Crippen LogP contribution in [0.4, 0.5) is 19.0 Å². The summed E-state index contributed by atoms with van der Waals surface area (Å²) in [5.41, 5.74) is 2.16. The molecule has 0 spiro atoms. The van der Waals surface area contributed by atoms with Gasteiger partial charge in [-0.15, -0.1) is 0 Å². The van der Waals surface area contributed by atoms with E-state index in [1.807, 2.05) is 36.4 Å². The van der Waals surface area contributed by atoms with Gasteiger partial charge in [0.25, 0.3) is 0 Å². The van der Waals surface area contributed by atoms with Gasteiger partial charge < -0.3 is 5.32 Å². The first kappa shape index (κ1) is 19.9. The van der Waals surface area contributed by atoms with E-state index >= 15 is 0 Å². The standard InChI is InChI=1S/C24H19ClF3N3/c25-20-11-10-18(24(26,27)28)14-21(20)31-23-19(7-3-4-12-29-23)22(30-31)17-9-8-15-5-1-2-6-16(15)13-17/h1-2,5-6,8-11,13-14,29H,3-4,7,12H2. The number of benzene rings is 3. The van der Waals surface area contributed by atoms with Crippen LogP contribution in [0.2, 0.25) is 5.02 Å². The van der Waals surface area contributed by atoms with Gasteiger partial charge >= 0.3 is 6.18 Å². The average Bonchev–Trinajstić information content (AvgIpc) is 2.93. The molecule has 0 radical (unpaired) electrons. The molecule has 31 heavy (non-hydrogen) atoms. The second kappa shape index (κ2) is 7.61. The van der Waals surface area contributed by atoms with Gasteiger partial charge in [0.2, 0.25) is 0 Å². The summed E-state index contributed by atoms with van der Waals surface area (Å²) >= 11 is 6.34. The lowest BCUT2D eigenvalue weighted by Crippen LogP contribution is -2.10. The van der Waals surface area contributed by atoms with Crippen molar-refractivity contribution in [3.8, 4) is 16.9 Å². The van der Waals surface area contributed by atoms with Crippen molar-refractivity contribution >= 4 is 28.2 Å². The van der Waals surface area contributed by atoms with E-state index in [0.29, 0.717) is 5.82 Å². The molecule has 0 saturated carbocycles. The summed E-state index contributed by atoms with van der Waals surface area (Å²) < 4.78 is 41.6. The second-order valence-electron chi connectivity index (χ2n) is 7.70. The van der Waals surface area contributed by atoms with Crippen LogP contribution in [0.1, 0.15) is 24.0 Å². The minimum Gasteiger partial charge on any atom is -0.370 e. The lowest BCUT2D eigenvalue weighted by atomic mass is 10.0. The monoisotopic (exact) mass is 441 g/mol. The molecule has 7 heteroatoms. The van der Waals surface area contributed by atoms with Crippen molar-refractivity contribution in [3.63, 3.8) is 0 Å². The Bertz CT molecular complexity index is 1280. The van der Waals surface area contributed by atoms with Crippen molar-refractivity contribution in [2.75, 3.05) is 11.9 Å². The van der Waals surface area contributed by atoms with Crippen molar-refractivity contribution in [1.29, 1.82) is 0 Å². The van der Waals surface area contributed by atoms with E-state index in [9.17, 15) is 13.2 Å². The number of nitrogens with one attached hydrogen (secondary N) is 1. The van der Waals surface area contributed by atoms with E-state index < -0.39 is 11.7 Å². The van der Waals surface area contributed by atoms with E-state index in [2.05, 4.69) is 11.4 Å². The first-order valence-electron chi connectivity index (χ1n) is 10.1. The van der Waals surface area contributed by atoms with Crippen molar-refractivity contribution in [2.24, 2.45) is 0 Å². The number of nitrogens with zero attached hydrogens (tertiary/aromatic N) is 2. The third-order valence-corrected chi connectivity index (χ3v) is 5.97. The molecule has 0 bridgehead atoms. The molecule has 0 fully saturated rings. The summed E-state index contributed by atoms with van der Waals surface area (Å²) in [5.74, 6) is 0.710. The number of hydrogen-bond donors (Lipinski definition) is 1. The number of anilines is 1. The predicted molar refractivity (Wildman–Crippen MR) is 118 cm³/mol. The number of halogens is 4. The van der Waals surface area contributed by atoms with Gasteiger partial charge in [0.15, 0.2) is 0 Å². The molecule has 158 valence electrons. The third kappa shape index (κ3) is 3.65. The zero-order valence-corrected chi connectivity index (χ0v) is 17.3. The fourth-order valence-electron chi connectivity index (χ4n) is 4.10. The number of fused-ring (bicyclic) bond motifs is 2. The van der Waals surface area contributed by atoms with Gasteiger partial charge in [0.1, 0.15) is 5.82 Å². The highest BCUT2D eigenvalue weighted by Gasteiger charge is 2.32. The Balaban J connectivity index is 1.72. The number of aromatic nitrogens is 2. The molecule has 1 aromatic heterocycles. The zero-order chi connectivity index (χ0) is 21.6. The summed E-state index contributed by atoms with van der Waals surface area (Å²) in [4.78, 5) is 0. The summed E-state index contributed by atoms with van der Waals surface area (Å²) in [7, 11) is 0. The van der Waals surface area contributed by atoms with E-state index in [1.54, 1.807) is 0 Å². The Morgan fingerprint density at radius 3 is 2.55 bits per heavy atom. The van der Waals surface area contributed by atoms with Crippen molar-refractivity contribution in [3.05, 3.63) is 76.8 Å². The summed E-state index contributed by atoms with van der Waals surface area (Å²) in [6.45, 7) is 0.729. The van der Waals surface area contributed by atoms with E-state index in [1.165, 1.54) is 10.7 Å². The molecule has 5 rings (SSSR count). The third-order valence-electron chi connectivity index (χ3n) is 5.65. The van der Waals surface area contributed by atoms with E-state index in [0.717, 1.165) is 65.5 Å². The van der Waals surface area contributed by atoms with Gasteiger partial charge in [-0.05, 0) is 54.3 Å². The molecule has 0 atom stereocenters. The summed E-state index contributed by atoms with van der Waals surface area (Å²) in [5, 5.41) is 10.6. The van der Waals surface area contributed by atoms with Crippen LogP contribution >= 0.6 is 11.6 Å². The molecular weight excluding hydrogens is 423 g/mol. The molecule has 0 saturated heterocycles. The quantitative estimate of drug-likeness (QED) is 0.359. The first-order chi connectivity index (χ1) is 14.9. The molecular formula is C24H19ClF3N3. The summed E-state index contributed by atoms with van der Waals surface area (Å²) in [6.07, 6.45) is -1.72. The normalized spacial score (nSPS) is 14.2. The van der Waals surface area contributed by atoms with Crippen LogP contribution < -0.4 is 5.32 Å². The Morgan fingerprint density at radius 1 is 0.935 bits per heavy atom. The molecule has 0 aliphatic carbocycles. The highest BCUT2D eigenvalue weighted by Crippen LogP contribution is 2.38. The van der Waals surface area contributed by atoms with E-state index in [4.69, 9.17) is 16.7 Å². The Hall–Kier alpha value is -2.99. The molecule has 1 aliphatic rings. The van der Waals surface area contributed by atoms with Gasteiger partial charge in [0.05, 0.1) is 22.0 Å². The van der Waals surface area contributed by atoms with Crippen molar-refractivity contribution in [2.45, 2.75) is 25.4 Å². The maximum atomic E-state index is 13.3. The predicted octanol–water partition coefficient (Wildman–Crippen LogP) is 7.11. The maximum absolute atomic E-state index is 13.3. The van der Waals surface area contributed by atoms with Crippen LogP contribution in [-0.4, -0.2) is 16.3 Å². The van der Waals surface area contributed by atoms with Crippen LogP contribution in [0.15, 0.2) is 60.7 Å². The van der Waals surface area contributed by atoms with Gasteiger partial charge in [-0.1, -0.05) is 48.0 Å². The lowest BCUT2D eigenvalue weighted by molar-refractivity contribution is -0.137. The minimum atomic E-state index is -4.46. The fourth-order valence-corrected chi connectivity index (χ4v) is 4.29. The molecule has 4 aromatic rings. The van der Waals surface area contributed by atoms with Gasteiger partial charge in [-0.25, -0.2) is 4.68 Å². The highest BCUT2D eigenvalue weighted by molar-refractivity contribution is 6.32. The van der Waals surface area contributed by atoms with Crippen LogP contribution in [0.3, 0.4) is 0 Å². The van der Waals surface area contributed by atoms with Gasteiger partial charge in [-0.2, -0.15) is 18.3 Å². The number of rotatable bonds is 2. The lowest BCUT2D eigenvalue weighted by Gasteiger charge is -2.13. The Kier molecular flexibility index (Phi) is 4.89. The maximum Gasteiger partial charge on any atom is 0.416 e. The van der Waals surface area contributed by atoms with Crippen LogP contribution in [0.25, 0.3) is 27.7 Å². The van der Waals surface area contributed by atoms with Crippen LogP contribution in [0.5, 0.6) is 0 Å². The van der Waals surface area contributed by atoms with Crippen molar-refractivity contribution < 1.29 is 13.2 Å². The smallest absolute Gasteiger partial charge is 0.370 e. The molecule has 0 unspecified atom stereocenters. The average molecular weight is 442 g/mol. The Morgan fingerprint density at radius 2 is 1.74 bits per heavy atom. The highest BCUT2D eigenvalue weighted by atomic mass is 35.5. The Labute approximate surface area is 182 Å².